The van der Waals surface area contributed by atoms with Crippen LogP contribution < -0.4 is 5.32 Å². The molecule has 1 N–H and O–H groups in total. The van der Waals surface area contributed by atoms with Crippen molar-refractivity contribution in [3.05, 3.63) is 48.0 Å². The van der Waals surface area contributed by atoms with Gasteiger partial charge < -0.3 is 5.32 Å². The van der Waals surface area contributed by atoms with E-state index in [9.17, 15) is 4.39 Å². The van der Waals surface area contributed by atoms with Crippen molar-refractivity contribution in [2.75, 3.05) is 5.32 Å². The van der Waals surface area contributed by atoms with Crippen LogP contribution in [0, 0.1) is 5.82 Å². The van der Waals surface area contributed by atoms with Gasteiger partial charge in [0.1, 0.15) is 5.82 Å². The first kappa shape index (κ1) is 11.0. The van der Waals surface area contributed by atoms with Gasteiger partial charge in [-0.1, -0.05) is 11.3 Å². The number of fused-ring (bicyclic) bond motifs is 1. The van der Waals surface area contributed by atoms with Gasteiger partial charge >= 0.3 is 0 Å². The predicted molar refractivity (Wildman–Crippen MR) is 68.9 cm³/mol. The first-order valence-electron chi connectivity index (χ1n) is 5.38. The molecule has 3 rings (SSSR count). The van der Waals surface area contributed by atoms with Crippen molar-refractivity contribution in [3.63, 3.8) is 0 Å². The number of nitrogens with zero attached hydrogens (tertiary/aromatic N) is 3. The van der Waals surface area contributed by atoms with E-state index in [0.717, 1.165) is 15.5 Å². The van der Waals surface area contributed by atoms with Crippen molar-refractivity contribution in [2.45, 2.75) is 6.54 Å². The molecule has 0 atom stereocenters. The van der Waals surface area contributed by atoms with Crippen LogP contribution in [0.25, 0.3) is 10.2 Å². The van der Waals surface area contributed by atoms with E-state index in [0.29, 0.717) is 12.1 Å². The Kier molecular flexibility index (Phi) is 2.85. The van der Waals surface area contributed by atoms with Crippen LogP contribution in [0.3, 0.4) is 0 Å². The van der Waals surface area contributed by atoms with Gasteiger partial charge in [-0.05, 0) is 24.3 Å². The van der Waals surface area contributed by atoms with Gasteiger partial charge in [0.2, 0.25) is 0 Å². The lowest BCUT2D eigenvalue weighted by atomic mass is 10.3. The molecule has 0 spiro atoms. The molecule has 2 heterocycles. The quantitative estimate of drug-likeness (QED) is 0.786. The van der Waals surface area contributed by atoms with Gasteiger partial charge in [-0.3, -0.25) is 0 Å². The summed E-state index contributed by atoms with van der Waals surface area (Å²) in [6.07, 6.45) is 1.63. The summed E-state index contributed by atoms with van der Waals surface area (Å²) in [4.78, 5) is 4.31. The molecule has 0 saturated carbocycles. The Labute approximate surface area is 107 Å². The zero-order valence-electron chi connectivity index (χ0n) is 9.30. The predicted octanol–water partition coefficient (Wildman–Crippen LogP) is 2.84. The number of hydrogen-bond acceptors (Lipinski definition) is 5. The fourth-order valence-electron chi connectivity index (χ4n) is 1.57. The normalized spacial score (nSPS) is 10.7. The summed E-state index contributed by atoms with van der Waals surface area (Å²) < 4.78 is 14.0. The minimum atomic E-state index is -0.270. The van der Waals surface area contributed by atoms with Crippen LogP contribution in [0.1, 0.15) is 5.69 Å². The van der Waals surface area contributed by atoms with Crippen molar-refractivity contribution in [1.29, 1.82) is 0 Å². The molecular formula is C12H9FN4S. The molecule has 0 unspecified atom stereocenters. The van der Waals surface area contributed by atoms with E-state index in [2.05, 4.69) is 20.5 Å². The minimum absolute atomic E-state index is 0.270. The molecule has 0 saturated heterocycles. The van der Waals surface area contributed by atoms with Crippen molar-refractivity contribution in [3.8, 4) is 0 Å². The van der Waals surface area contributed by atoms with Crippen LogP contribution in [0.4, 0.5) is 9.52 Å². The second-order valence-electron chi connectivity index (χ2n) is 3.70. The van der Waals surface area contributed by atoms with E-state index in [4.69, 9.17) is 0 Å². The Morgan fingerprint density at radius 3 is 3.06 bits per heavy atom. The lowest BCUT2D eigenvalue weighted by molar-refractivity contribution is 0.629. The third-order valence-corrected chi connectivity index (χ3v) is 3.39. The Morgan fingerprint density at radius 1 is 1.28 bits per heavy atom. The van der Waals surface area contributed by atoms with Crippen molar-refractivity contribution < 1.29 is 4.39 Å². The number of rotatable bonds is 3. The second kappa shape index (κ2) is 4.66. The molecule has 18 heavy (non-hydrogen) atoms. The van der Waals surface area contributed by atoms with E-state index in [1.165, 1.54) is 23.5 Å². The Bertz CT molecular complexity index is 668. The molecule has 0 bridgehead atoms. The van der Waals surface area contributed by atoms with Crippen molar-refractivity contribution in [2.24, 2.45) is 0 Å². The SMILES string of the molecule is Fc1ccc2sc(NCc3cccnn3)nc2c1. The maximum atomic E-state index is 13.0. The van der Waals surface area contributed by atoms with E-state index in [-0.39, 0.29) is 5.82 Å². The average molecular weight is 260 g/mol. The molecule has 0 fully saturated rings. The van der Waals surface area contributed by atoms with Gasteiger partial charge in [-0.2, -0.15) is 10.2 Å². The highest BCUT2D eigenvalue weighted by Crippen LogP contribution is 2.26. The summed E-state index contributed by atoms with van der Waals surface area (Å²) in [5, 5.41) is 11.7. The summed E-state index contributed by atoms with van der Waals surface area (Å²) in [6.45, 7) is 0.552. The summed E-state index contributed by atoms with van der Waals surface area (Å²) >= 11 is 1.49. The first-order valence-corrected chi connectivity index (χ1v) is 6.19. The van der Waals surface area contributed by atoms with Crippen molar-refractivity contribution >= 4 is 26.7 Å². The smallest absolute Gasteiger partial charge is 0.184 e. The zero-order valence-corrected chi connectivity index (χ0v) is 10.1. The van der Waals surface area contributed by atoms with Gasteiger partial charge in [-0.15, -0.1) is 0 Å². The lowest BCUT2D eigenvalue weighted by Gasteiger charge is -1.99. The van der Waals surface area contributed by atoms with Crippen LogP contribution >= 0.6 is 11.3 Å². The summed E-state index contributed by atoms with van der Waals surface area (Å²) in [5.74, 6) is -0.270. The maximum absolute atomic E-state index is 13.0. The summed E-state index contributed by atoms with van der Waals surface area (Å²) in [7, 11) is 0. The molecule has 0 amide bonds. The molecule has 90 valence electrons. The molecule has 1 aromatic carbocycles. The lowest BCUT2D eigenvalue weighted by Crippen LogP contribution is -2.01. The monoisotopic (exact) mass is 260 g/mol. The summed E-state index contributed by atoms with van der Waals surface area (Å²) in [5.41, 5.74) is 1.50. The number of aromatic nitrogens is 3. The third kappa shape index (κ3) is 2.28. The second-order valence-corrected chi connectivity index (χ2v) is 4.73. The average Bonchev–Trinajstić information content (AvgIpc) is 2.79. The molecule has 0 aliphatic rings. The molecule has 4 nitrogen and oxygen atoms in total. The molecular weight excluding hydrogens is 251 g/mol. The highest BCUT2D eigenvalue weighted by atomic mass is 32.1. The van der Waals surface area contributed by atoms with Gasteiger partial charge in [0.25, 0.3) is 0 Å². The number of thiazole rings is 1. The highest BCUT2D eigenvalue weighted by Gasteiger charge is 2.04. The van der Waals surface area contributed by atoms with Gasteiger partial charge in [0.15, 0.2) is 5.13 Å². The number of benzene rings is 1. The van der Waals surface area contributed by atoms with Gasteiger partial charge in [-0.25, -0.2) is 9.37 Å². The topological polar surface area (TPSA) is 50.7 Å². The summed E-state index contributed by atoms with van der Waals surface area (Å²) in [6, 6.07) is 8.31. The van der Waals surface area contributed by atoms with E-state index in [1.807, 2.05) is 12.1 Å². The Hall–Kier alpha value is -2.08. The Balaban J connectivity index is 1.79. The molecule has 6 heteroatoms. The largest absolute Gasteiger partial charge is 0.356 e. The first-order chi connectivity index (χ1) is 8.81. The molecule has 3 aromatic rings. The molecule has 0 radical (unpaired) electrons. The zero-order chi connectivity index (χ0) is 12.4. The highest BCUT2D eigenvalue weighted by molar-refractivity contribution is 7.22. The fraction of sp³-hybridized carbons (Fsp3) is 0.0833. The van der Waals surface area contributed by atoms with Crippen LogP contribution in [0.2, 0.25) is 0 Å². The van der Waals surface area contributed by atoms with Crippen LogP contribution in [0.5, 0.6) is 0 Å². The minimum Gasteiger partial charge on any atom is -0.356 e. The van der Waals surface area contributed by atoms with E-state index < -0.39 is 0 Å². The number of halogens is 1. The van der Waals surface area contributed by atoms with E-state index in [1.54, 1.807) is 12.3 Å². The molecule has 0 aliphatic carbocycles. The van der Waals surface area contributed by atoms with E-state index >= 15 is 0 Å². The Morgan fingerprint density at radius 2 is 2.22 bits per heavy atom. The maximum Gasteiger partial charge on any atom is 0.184 e. The number of nitrogens with one attached hydrogen (secondary N) is 1. The van der Waals surface area contributed by atoms with Crippen molar-refractivity contribution in [1.82, 2.24) is 15.2 Å². The molecule has 0 aliphatic heterocycles. The third-order valence-electron chi connectivity index (χ3n) is 2.40. The molecule has 2 aromatic heterocycles. The standard InChI is InChI=1S/C12H9FN4S/c13-8-3-4-11-10(6-8)16-12(18-11)14-7-9-2-1-5-15-17-9/h1-6H,7H2,(H,14,16). The number of anilines is 1. The van der Waals surface area contributed by atoms with Gasteiger partial charge in [0, 0.05) is 12.3 Å². The van der Waals surface area contributed by atoms with Crippen LogP contribution in [0.15, 0.2) is 36.5 Å². The van der Waals surface area contributed by atoms with Crippen LogP contribution in [-0.4, -0.2) is 15.2 Å². The number of hydrogen-bond donors (Lipinski definition) is 1. The van der Waals surface area contributed by atoms with Gasteiger partial charge in [0.05, 0.1) is 22.5 Å². The van der Waals surface area contributed by atoms with Crippen LogP contribution in [-0.2, 0) is 6.54 Å². The fourth-order valence-corrected chi connectivity index (χ4v) is 2.41.